The molecule has 2 aliphatic rings. The first-order valence-electron chi connectivity index (χ1n) is 7.40. The number of hydrogen-bond donors (Lipinski definition) is 1. The molecule has 0 radical (unpaired) electrons. The van der Waals surface area contributed by atoms with Crippen LogP contribution in [0.25, 0.3) is 0 Å². The van der Waals surface area contributed by atoms with Gasteiger partial charge in [-0.25, -0.2) is 0 Å². The van der Waals surface area contributed by atoms with E-state index in [1.54, 1.807) is 0 Å². The van der Waals surface area contributed by atoms with Crippen molar-refractivity contribution in [3.05, 3.63) is 11.7 Å². The predicted molar refractivity (Wildman–Crippen MR) is 69.3 cm³/mol. The average Bonchev–Trinajstić information content (AvgIpc) is 2.90. The van der Waals surface area contributed by atoms with E-state index in [1.165, 1.54) is 38.5 Å². The number of nitrogens with zero attached hydrogens (tertiary/aromatic N) is 2. The van der Waals surface area contributed by atoms with Crippen molar-refractivity contribution in [1.82, 2.24) is 15.5 Å². The maximum atomic E-state index is 5.49. The molecule has 1 saturated carbocycles. The fourth-order valence-electron chi connectivity index (χ4n) is 3.13. The van der Waals surface area contributed by atoms with E-state index in [2.05, 4.69) is 22.4 Å². The summed E-state index contributed by atoms with van der Waals surface area (Å²) < 4.78 is 5.49. The Labute approximate surface area is 109 Å². The number of piperidine rings is 1. The zero-order valence-electron chi connectivity index (χ0n) is 11.2. The number of nitrogens with one attached hydrogen (secondary N) is 1. The number of rotatable bonds is 2. The van der Waals surface area contributed by atoms with Gasteiger partial charge in [-0.15, -0.1) is 0 Å². The monoisotopic (exact) mass is 249 g/mol. The Morgan fingerprint density at radius 3 is 2.67 bits per heavy atom. The number of hydrogen-bond acceptors (Lipinski definition) is 4. The van der Waals surface area contributed by atoms with Gasteiger partial charge in [0.2, 0.25) is 5.89 Å². The van der Waals surface area contributed by atoms with Gasteiger partial charge in [0, 0.05) is 5.92 Å². The molecule has 1 aliphatic carbocycles. The molecule has 4 heteroatoms. The van der Waals surface area contributed by atoms with Crippen molar-refractivity contribution in [2.24, 2.45) is 5.92 Å². The molecule has 0 aromatic carbocycles. The van der Waals surface area contributed by atoms with E-state index >= 15 is 0 Å². The van der Waals surface area contributed by atoms with Gasteiger partial charge in [0.25, 0.3) is 0 Å². The molecule has 1 aliphatic heterocycles. The second-order valence-corrected chi connectivity index (χ2v) is 5.95. The molecule has 0 spiro atoms. The highest BCUT2D eigenvalue weighted by atomic mass is 16.5. The summed E-state index contributed by atoms with van der Waals surface area (Å²) in [7, 11) is 0. The average molecular weight is 249 g/mol. The van der Waals surface area contributed by atoms with Crippen LogP contribution < -0.4 is 5.32 Å². The summed E-state index contributed by atoms with van der Waals surface area (Å²) in [6, 6.07) is 0.318. The molecular formula is C14H23N3O. The highest BCUT2D eigenvalue weighted by Crippen LogP contribution is 2.35. The molecule has 100 valence electrons. The van der Waals surface area contributed by atoms with Crippen LogP contribution in [0.15, 0.2) is 4.52 Å². The zero-order chi connectivity index (χ0) is 12.4. The quantitative estimate of drug-likeness (QED) is 0.874. The minimum atomic E-state index is 0.318. The normalized spacial score (nSPS) is 33.5. The van der Waals surface area contributed by atoms with Crippen molar-refractivity contribution in [2.75, 3.05) is 6.54 Å². The standard InChI is InChI=1S/C14H23N3O/c1-10-5-7-11(8-6-10)14-16-13(17-18-14)12-4-2-3-9-15-12/h10-12,15H,2-9H2,1H3. The third-order valence-corrected chi connectivity index (χ3v) is 4.44. The lowest BCUT2D eigenvalue weighted by Gasteiger charge is -2.23. The SMILES string of the molecule is CC1CCC(c2nc(C3CCCCN3)no2)CC1. The van der Waals surface area contributed by atoms with Gasteiger partial charge < -0.3 is 9.84 Å². The summed E-state index contributed by atoms with van der Waals surface area (Å²) >= 11 is 0. The minimum Gasteiger partial charge on any atom is -0.339 e. The van der Waals surface area contributed by atoms with Crippen LogP contribution in [0, 0.1) is 5.92 Å². The van der Waals surface area contributed by atoms with Gasteiger partial charge in [-0.05, 0) is 51.0 Å². The third kappa shape index (κ3) is 2.58. The minimum absolute atomic E-state index is 0.318. The lowest BCUT2D eigenvalue weighted by Crippen LogP contribution is -2.27. The van der Waals surface area contributed by atoms with E-state index in [-0.39, 0.29) is 0 Å². The molecule has 0 amide bonds. The van der Waals surface area contributed by atoms with Crippen LogP contribution in [0.4, 0.5) is 0 Å². The van der Waals surface area contributed by atoms with Gasteiger partial charge in [-0.1, -0.05) is 18.5 Å². The van der Waals surface area contributed by atoms with Gasteiger partial charge in [-0.3, -0.25) is 0 Å². The van der Waals surface area contributed by atoms with Crippen LogP contribution in [0.1, 0.15) is 75.5 Å². The van der Waals surface area contributed by atoms with Crippen LogP contribution in [0.5, 0.6) is 0 Å². The summed E-state index contributed by atoms with van der Waals surface area (Å²) in [5, 5.41) is 7.66. The van der Waals surface area contributed by atoms with Gasteiger partial charge in [0.15, 0.2) is 5.82 Å². The van der Waals surface area contributed by atoms with Crippen LogP contribution in [0.2, 0.25) is 0 Å². The first-order chi connectivity index (χ1) is 8.83. The van der Waals surface area contributed by atoms with Crippen LogP contribution in [-0.4, -0.2) is 16.7 Å². The van der Waals surface area contributed by atoms with Crippen molar-refractivity contribution in [1.29, 1.82) is 0 Å². The van der Waals surface area contributed by atoms with Crippen molar-refractivity contribution in [2.45, 2.75) is 63.8 Å². The van der Waals surface area contributed by atoms with E-state index in [0.29, 0.717) is 12.0 Å². The molecule has 0 bridgehead atoms. The van der Waals surface area contributed by atoms with E-state index in [0.717, 1.165) is 30.6 Å². The van der Waals surface area contributed by atoms with Crippen molar-refractivity contribution in [3.8, 4) is 0 Å². The molecule has 1 aromatic rings. The lowest BCUT2D eigenvalue weighted by atomic mass is 9.83. The van der Waals surface area contributed by atoms with Crippen molar-refractivity contribution in [3.63, 3.8) is 0 Å². The summed E-state index contributed by atoms with van der Waals surface area (Å²) in [5.74, 6) is 3.13. The molecule has 1 unspecified atom stereocenters. The molecule has 3 rings (SSSR count). The highest BCUT2D eigenvalue weighted by Gasteiger charge is 2.26. The maximum absolute atomic E-state index is 5.49. The number of aromatic nitrogens is 2. The Bertz CT molecular complexity index is 376. The predicted octanol–water partition coefficient (Wildman–Crippen LogP) is 3.18. The zero-order valence-corrected chi connectivity index (χ0v) is 11.2. The summed E-state index contributed by atoms with van der Waals surface area (Å²) in [5.41, 5.74) is 0. The van der Waals surface area contributed by atoms with Crippen molar-refractivity contribution >= 4 is 0 Å². The third-order valence-electron chi connectivity index (χ3n) is 4.44. The molecule has 18 heavy (non-hydrogen) atoms. The van der Waals surface area contributed by atoms with Gasteiger partial charge in [0.05, 0.1) is 6.04 Å². The fraction of sp³-hybridized carbons (Fsp3) is 0.857. The lowest BCUT2D eigenvalue weighted by molar-refractivity contribution is 0.278. The Kier molecular flexibility index (Phi) is 3.64. The van der Waals surface area contributed by atoms with E-state index in [1.807, 2.05) is 0 Å². The molecule has 1 saturated heterocycles. The Balaban J connectivity index is 1.65. The molecule has 1 atom stereocenters. The van der Waals surface area contributed by atoms with E-state index in [9.17, 15) is 0 Å². The van der Waals surface area contributed by atoms with Gasteiger partial charge >= 0.3 is 0 Å². The smallest absolute Gasteiger partial charge is 0.229 e. The summed E-state index contributed by atoms with van der Waals surface area (Å²) in [6.45, 7) is 3.41. The highest BCUT2D eigenvalue weighted by molar-refractivity contribution is 5.00. The summed E-state index contributed by atoms with van der Waals surface area (Å²) in [4.78, 5) is 4.64. The first kappa shape index (κ1) is 12.2. The molecule has 4 nitrogen and oxygen atoms in total. The Hall–Kier alpha value is -0.900. The Morgan fingerprint density at radius 1 is 1.11 bits per heavy atom. The molecule has 2 heterocycles. The topological polar surface area (TPSA) is 51.0 Å². The van der Waals surface area contributed by atoms with Crippen LogP contribution >= 0.6 is 0 Å². The molecule has 1 N–H and O–H groups in total. The van der Waals surface area contributed by atoms with Crippen LogP contribution in [-0.2, 0) is 0 Å². The molecular weight excluding hydrogens is 226 g/mol. The molecule has 1 aromatic heterocycles. The largest absolute Gasteiger partial charge is 0.339 e. The second kappa shape index (κ2) is 5.39. The molecule has 2 fully saturated rings. The van der Waals surface area contributed by atoms with E-state index in [4.69, 9.17) is 4.52 Å². The van der Waals surface area contributed by atoms with Crippen molar-refractivity contribution < 1.29 is 4.52 Å². The fourth-order valence-corrected chi connectivity index (χ4v) is 3.13. The maximum Gasteiger partial charge on any atom is 0.229 e. The van der Waals surface area contributed by atoms with Gasteiger partial charge in [-0.2, -0.15) is 4.98 Å². The first-order valence-corrected chi connectivity index (χ1v) is 7.40. The summed E-state index contributed by atoms with van der Waals surface area (Å²) in [6.07, 6.45) is 8.68. The van der Waals surface area contributed by atoms with E-state index < -0.39 is 0 Å². The Morgan fingerprint density at radius 2 is 1.94 bits per heavy atom. The second-order valence-electron chi connectivity index (χ2n) is 5.95. The van der Waals surface area contributed by atoms with Gasteiger partial charge in [0.1, 0.15) is 0 Å². The van der Waals surface area contributed by atoms with Crippen LogP contribution in [0.3, 0.4) is 0 Å².